The molecule has 1 N–H and O–H groups in total. The maximum Gasteiger partial charge on any atom is 0.223 e. The Morgan fingerprint density at radius 3 is 2.61 bits per heavy atom. The van der Waals surface area contributed by atoms with Crippen molar-refractivity contribution in [3.8, 4) is 11.5 Å². The van der Waals surface area contributed by atoms with Gasteiger partial charge in [0.05, 0.1) is 20.1 Å². The van der Waals surface area contributed by atoms with Gasteiger partial charge in [-0.2, -0.15) is 0 Å². The Morgan fingerprint density at radius 2 is 1.87 bits per heavy atom. The minimum atomic E-state index is -0.0419. The Morgan fingerprint density at radius 1 is 1.09 bits per heavy atom. The lowest BCUT2D eigenvalue weighted by molar-refractivity contribution is -0.121. The molecule has 2 rings (SSSR count). The van der Waals surface area contributed by atoms with Crippen LogP contribution in [0.1, 0.15) is 23.1 Å². The fourth-order valence-corrected chi connectivity index (χ4v) is 2.20. The van der Waals surface area contributed by atoms with Crippen LogP contribution >= 0.6 is 0 Å². The molecule has 0 atom stereocenters. The number of rotatable bonds is 7. The highest BCUT2D eigenvalue weighted by Crippen LogP contribution is 2.17. The summed E-state index contributed by atoms with van der Waals surface area (Å²) in [4.78, 5) is 11.9. The summed E-state index contributed by atoms with van der Waals surface area (Å²) in [5.74, 6) is 1.53. The second-order valence-corrected chi connectivity index (χ2v) is 5.43. The smallest absolute Gasteiger partial charge is 0.223 e. The molecule has 0 heterocycles. The van der Waals surface area contributed by atoms with E-state index in [1.54, 1.807) is 7.11 Å². The van der Waals surface area contributed by atoms with Gasteiger partial charge < -0.3 is 14.8 Å². The molecule has 2 aromatic carbocycles. The monoisotopic (exact) mass is 313 g/mol. The van der Waals surface area contributed by atoms with E-state index >= 15 is 0 Å². The van der Waals surface area contributed by atoms with Gasteiger partial charge in [0.15, 0.2) is 0 Å². The van der Waals surface area contributed by atoms with Crippen LogP contribution in [0, 0.1) is 13.8 Å². The molecule has 0 saturated heterocycles. The number of hydrogen-bond acceptors (Lipinski definition) is 3. The summed E-state index contributed by atoms with van der Waals surface area (Å²) in [5, 5.41) is 2.88. The van der Waals surface area contributed by atoms with Crippen LogP contribution in [0.15, 0.2) is 42.5 Å². The lowest BCUT2D eigenvalue weighted by atomic mass is 10.1. The Balaban J connectivity index is 1.76. The number of carbonyl (C=O) groups excluding carboxylic acids is 1. The Labute approximate surface area is 137 Å². The van der Waals surface area contributed by atoms with Crippen LogP contribution in [-0.2, 0) is 11.3 Å². The highest BCUT2D eigenvalue weighted by atomic mass is 16.5. The molecular weight excluding hydrogens is 290 g/mol. The topological polar surface area (TPSA) is 47.6 Å². The van der Waals surface area contributed by atoms with E-state index in [0.29, 0.717) is 19.6 Å². The van der Waals surface area contributed by atoms with Crippen LogP contribution < -0.4 is 14.8 Å². The number of amides is 1. The molecule has 2 aromatic rings. The van der Waals surface area contributed by atoms with Gasteiger partial charge in [-0.15, -0.1) is 0 Å². The van der Waals surface area contributed by atoms with Crippen molar-refractivity contribution in [3.05, 3.63) is 59.2 Å². The van der Waals surface area contributed by atoms with Gasteiger partial charge in [-0.1, -0.05) is 24.3 Å². The number of ether oxygens (including phenoxy) is 2. The fraction of sp³-hybridized carbons (Fsp3) is 0.316. The Hall–Kier alpha value is -2.49. The molecule has 4 nitrogen and oxygen atoms in total. The molecule has 0 fully saturated rings. The van der Waals surface area contributed by atoms with E-state index in [0.717, 1.165) is 17.1 Å². The summed E-state index contributed by atoms with van der Waals surface area (Å²) in [6.07, 6.45) is 0.322. The highest BCUT2D eigenvalue weighted by Gasteiger charge is 2.06. The first-order valence-corrected chi connectivity index (χ1v) is 7.69. The normalized spacial score (nSPS) is 10.2. The zero-order valence-electron chi connectivity index (χ0n) is 13.9. The lowest BCUT2D eigenvalue weighted by Gasteiger charge is -2.10. The predicted molar refractivity (Wildman–Crippen MR) is 90.9 cm³/mol. The maximum absolute atomic E-state index is 11.9. The number of hydrogen-bond donors (Lipinski definition) is 1. The summed E-state index contributed by atoms with van der Waals surface area (Å²) in [6.45, 7) is 4.92. The summed E-state index contributed by atoms with van der Waals surface area (Å²) in [7, 11) is 1.62. The van der Waals surface area contributed by atoms with Crippen LogP contribution in [0.4, 0.5) is 0 Å². The molecule has 0 radical (unpaired) electrons. The maximum atomic E-state index is 11.9. The Kier molecular flexibility index (Phi) is 6.03. The van der Waals surface area contributed by atoms with Gasteiger partial charge in [0.1, 0.15) is 11.5 Å². The largest absolute Gasteiger partial charge is 0.496 e. The number of carbonyl (C=O) groups is 1. The summed E-state index contributed by atoms with van der Waals surface area (Å²) in [6, 6.07) is 13.6. The van der Waals surface area contributed by atoms with Gasteiger partial charge in [0.2, 0.25) is 5.91 Å². The molecule has 122 valence electrons. The van der Waals surface area contributed by atoms with E-state index in [9.17, 15) is 4.79 Å². The van der Waals surface area contributed by atoms with Crippen LogP contribution in [0.5, 0.6) is 11.5 Å². The van der Waals surface area contributed by atoms with Gasteiger partial charge in [-0.05, 0) is 43.2 Å². The summed E-state index contributed by atoms with van der Waals surface area (Å²) < 4.78 is 10.9. The van der Waals surface area contributed by atoms with Crippen molar-refractivity contribution >= 4 is 5.91 Å². The number of benzene rings is 2. The average molecular weight is 313 g/mol. The number of nitrogens with one attached hydrogen (secondary N) is 1. The molecule has 0 aliphatic heterocycles. The van der Waals surface area contributed by atoms with Crippen molar-refractivity contribution in [2.75, 3.05) is 13.7 Å². The second kappa shape index (κ2) is 8.22. The average Bonchev–Trinajstić information content (AvgIpc) is 2.56. The first kappa shape index (κ1) is 16.9. The van der Waals surface area contributed by atoms with Crippen molar-refractivity contribution in [1.82, 2.24) is 5.32 Å². The Bertz CT molecular complexity index is 667. The molecule has 0 aliphatic carbocycles. The molecule has 23 heavy (non-hydrogen) atoms. The van der Waals surface area contributed by atoms with E-state index in [1.165, 1.54) is 11.1 Å². The molecule has 0 aliphatic rings. The minimum Gasteiger partial charge on any atom is -0.496 e. The first-order valence-electron chi connectivity index (χ1n) is 7.69. The van der Waals surface area contributed by atoms with E-state index in [2.05, 4.69) is 12.2 Å². The lowest BCUT2D eigenvalue weighted by Crippen LogP contribution is -2.24. The third-order valence-electron chi connectivity index (χ3n) is 3.74. The van der Waals surface area contributed by atoms with E-state index in [4.69, 9.17) is 9.47 Å². The van der Waals surface area contributed by atoms with Crippen LogP contribution in [-0.4, -0.2) is 19.6 Å². The van der Waals surface area contributed by atoms with Crippen molar-refractivity contribution in [1.29, 1.82) is 0 Å². The van der Waals surface area contributed by atoms with Crippen molar-refractivity contribution < 1.29 is 14.3 Å². The molecule has 4 heteroatoms. The SMILES string of the molecule is COc1ccccc1CNC(=O)CCOc1ccc(C)c(C)c1. The molecule has 0 unspecified atom stereocenters. The minimum absolute atomic E-state index is 0.0419. The highest BCUT2D eigenvalue weighted by molar-refractivity contribution is 5.76. The molecule has 1 amide bonds. The zero-order valence-corrected chi connectivity index (χ0v) is 13.9. The van der Waals surface area contributed by atoms with Crippen LogP contribution in [0.25, 0.3) is 0 Å². The van der Waals surface area contributed by atoms with Gasteiger partial charge in [0, 0.05) is 12.1 Å². The predicted octanol–water partition coefficient (Wildman–Crippen LogP) is 3.40. The van der Waals surface area contributed by atoms with Crippen molar-refractivity contribution in [2.45, 2.75) is 26.8 Å². The van der Waals surface area contributed by atoms with Gasteiger partial charge in [-0.25, -0.2) is 0 Å². The summed E-state index contributed by atoms with van der Waals surface area (Å²) >= 11 is 0. The third kappa shape index (κ3) is 5.02. The van der Waals surface area contributed by atoms with Crippen LogP contribution in [0.2, 0.25) is 0 Å². The van der Waals surface area contributed by atoms with Gasteiger partial charge in [-0.3, -0.25) is 4.79 Å². The van der Waals surface area contributed by atoms with Gasteiger partial charge >= 0.3 is 0 Å². The molecule has 0 bridgehead atoms. The van der Waals surface area contributed by atoms with Gasteiger partial charge in [0.25, 0.3) is 0 Å². The molecule has 0 saturated carbocycles. The zero-order chi connectivity index (χ0) is 16.7. The second-order valence-electron chi connectivity index (χ2n) is 5.43. The first-order chi connectivity index (χ1) is 11.1. The molecule has 0 aromatic heterocycles. The number of para-hydroxylation sites is 1. The molecular formula is C19H23NO3. The number of methoxy groups -OCH3 is 1. The van der Waals surface area contributed by atoms with Crippen molar-refractivity contribution in [3.63, 3.8) is 0 Å². The van der Waals surface area contributed by atoms with E-state index < -0.39 is 0 Å². The number of aryl methyl sites for hydroxylation is 2. The summed E-state index contributed by atoms with van der Waals surface area (Å²) in [5.41, 5.74) is 3.37. The standard InChI is InChI=1S/C19H23NO3/c1-14-8-9-17(12-15(14)2)23-11-10-19(21)20-13-16-6-4-5-7-18(16)22-3/h4-9,12H,10-11,13H2,1-3H3,(H,20,21). The third-order valence-corrected chi connectivity index (χ3v) is 3.74. The van der Waals surface area contributed by atoms with Crippen LogP contribution in [0.3, 0.4) is 0 Å². The van der Waals surface area contributed by atoms with Crippen molar-refractivity contribution in [2.24, 2.45) is 0 Å². The van der Waals surface area contributed by atoms with E-state index in [1.807, 2.05) is 49.4 Å². The molecule has 0 spiro atoms. The fourth-order valence-electron chi connectivity index (χ4n) is 2.20. The van der Waals surface area contributed by atoms with E-state index in [-0.39, 0.29) is 5.91 Å². The quantitative estimate of drug-likeness (QED) is 0.852.